The van der Waals surface area contributed by atoms with Gasteiger partial charge in [0.2, 0.25) is 0 Å². The van der Waals surface area contributed by atoms with Crippen LogP contribution >= 0.6 is 0 Å². The van der Waals surface area contributed by atoms with Crippen molar-refractivity contribution in [1.29, 1.82) is 0 Å². The normalized spacial score (nSPS) is 9.38. The molecule has 0 heterocycles. The Balaban J connectivity index is 2.55. The molecule has 70 valence electrons. The number of carbonyl (C=O) groups excluding carboxylic acids is 1. The van der Waals surface area contributed by atoms with Crippen LogP contribution in [0.4, 0.5) is 4.79 Å². The molecule has 4 heteroatoms. The van der Waals surface area contributed by atoms with Gasteiger partial charge in [-0.25, -0.2) is 10.6 Å². The van der Waals surface area contributed by atoms with Gasteiger partial charge in [0.25, 0.3) is 0 Å². The van der Waals surface area contributed by atoms with Gasteiger partial charge in [-0.05, 0) is 5.56 Å². The molecule has 2 amide bonds. The summed E-state index contributed by atoms with van der Waals surface area (Å²) in [5.41, 5.74) is 1.01. The zero-order valence-corrected chi connectivity index (χ0v) is 7.53. The number of hydrogen-bond donors (Lipinski definition) is 2. The van der Waals surface area contributed by atoms with Crippen LogP contribution in [0.2, 0.25) is 0 Å². The predicted octanol–water partition coefficient (Wildman–Crippen LogP) is 0.702. The Morgan fingerprint density at radius 1 is 1.46 bits per heavy atom. The molecular formula is C9H13N3O. The molecule has 0 aliphatic heterocycles. The minimum atomic E-state index is -0.288. The Hall–Kier alpha value is -1.55. The van der Waals surface area contributed by atoms with E-state index in [4.69, 9.17) is 5.84 Å². The van der Waals surface area contributed by atoms with Crippen molar-refractivity contribution in [1.82, 2.24) is 10.3 Å². The highest BCUT2D eigenvalue weighted by Gasteiger charge is 2.05. The van der Waals surface area contributed by atoms with E-state index in [0.717, 1.165) is 10.6 Å². The largest absolute Gasteiger partial charge is 0.340 e. The van der Waals surface area contributed by atoms with E-state index in [9.17, 15) is 4.79 Å². The summed E-state index contributed by atoms with van der Waals surface area (Å²) in [5.74, 6) is 5.48. The van der Waals surface area contributed by atoms with Gasteiger partial charge in [-0.15, -0.1) is 0 Å². The number of benzene rings is 1. The van der Waals surface area contributed by atoms with Crippen molar-refractivity contribution in [3.63, 3.8) is 0 Å². The van der Waals surface area contributed by atoms with Crippen LogP contribution < -0.4 is 11.2 Å². The Labute approximate surface area is 77.3 Å². The highest BCUT2D eigenvalue weighted by molar-refractivity contribution is 5.73. The van der Waals surface area contributed by atoms with Crippen molar-refractivity contribution in [3.8, 4) is 0 Å². The molecule has 0 atom stereocenters. The Bertz CT molecular complexity index is 273. The van der Waals surface area contributed by atoms with Crippen molar-refractivity contribution in [2.45, 2.75) is 6.54 Å². The summed E-state index contributed by atoms with van der Waals surface area (Å²) in [5, 5.41) is 3.58. The maximum Gasteiger partial charge on any atom is 0.331 e. The number of nitrogens with zero attached hydrogens (tertiary/aromatic N) is 1. The van der Waals surface area contributed by atoms with Crippen LogP contribution in [0.25, 0.3) is 0 Å². The van der Waals surface area contributed by atoms with Crippen LogP contribution in [0.5, 0.6) is 0 Å². The Morgan fingerprint density at radius 2 is 2.08 bits per heavy atom. The van der Waals surface area contributed by atoms with E-state index in [1.54, 1.807) is 7.05 Å². The quantitative estimate of drug-likeness (QED) is 0.399. The number of urea groups is 1. The molecule has 0 saturated heterocycles. The van der Waals surface area contributed by atoms with Crippen LogP contribution in [0, 0.1) is 0 Å². The SMILES string of the molecule is CNC(=O)N(N)Cc1ccccc1. The number of nitrogens with two attached hydrogens (primary N) is 1. The fraction of sp³-hybridized carbons (Fsp3) is 0.222. The third kappa shape index (κ3) is 2.76. The minimum absolute atomic E-state index is 0.288. The molecule has 0 radical (unpaired) electrons. The third-order valence-corrected chi connectivity index (χ3v) is 1.67. The van der Waals surface area contributed by atoms with Gasteiger partial charge in [0.05, 0.1) is 6.54 Å². The number of amides is 2. The molecule has 4 nitrogen and oxygen atoms in total. The summed E-state index contributed by atoms with van der Waals surface area (Å²) in [6.07, 6.45) is 0. The van der Waals surface area contributed by atoms with E-state index in [-0.39, 0.29) is 6.03 Å². The summed E-state index contributed by atoms with van der Waals surface area (Å²) in [6.45, 7) is 0.417. The van der Waals surface area contributed by atoms with Crippen LogP contribution in [-0.4, -0.2) is 18.1 Å². The smallest absolute Gasteiger partial charge is 0.331 e. The first-order chi connectivity index (χ1) is 6.24. The molecule has 3 N–H and O–H groups in total. The maximum atomic E-state index is 11.0. The first-order valence-corrected chi connectivity index (χ1v) is 4.02. The monoisotopic (exact) mass is 179 g/mol. The zero-order chi connectivity index (χ0) is 9.68. The van der Waals surface area contributed by atoms with Crippen molar-refractivity contribution in [2.75, 3.05) is 7.05 Å². The van der Waals surface area contributed by atoms with Crippen LogP contribution in [0.1, 0.15) is 5.56 Å². The number of hydrazine groups is 1. The van der Waals surface area contributed by atoms with E-state index in [0.29, 0.717) is 6.54 Å². The van der Waals surface area contributed by atoms with Crippen molar-refractivity contribution in [3.05, 3.63) is 35.9 Å². The first-order valence-electron chi connectivity index (χ1n) is 4.02. The molecule has 0 saturated carbocycles. The molecule has 1 aromatic rings. The summed E-state index contributed by atoms with van der Waals surface area (Å²) >= 11 is 0. The topological polar surface area (TPSA) is 58.4 Å². The van der Waals surface area contributed by atoms with Gasteiger partial charge in [0.1, 0.15) is 0 Å². The lowest BCUT2D eigenvalue weighted by Crippen LogP contribution is -2.42. The fourth-order valence-corrected chi connectivity index (χ4v) is 0.996. The molecule has 0 unspecified atom stereocenters. The fourth-order valence-electron chi connectivity index (χ4n) is 0.996. The van der Waals surface area contributed by atoms with Crippen molar-refractivity contribution >= 4 is 6.03 Å². The lowest BCUT2D eigenvalue weighted by atomic mass is 10.2. The predicted molar refractivity (Wildman–Crippen MR) is 50.6 cm³/mol. The number of nitrogens with one attached hydrogen (secondary N) is 1. The molecule has 0 fully saturated rings. The molecule has 0 aromatic heterocycles. The Morgan fingerprint density at radius 3 is 2.62 bits per heavy atom. The second kappa shape index (κ2) is 4.47. The van der Waals surface area contributed by atoms with E-state index in [2.05, 4.69) is 5.32 Å². The Kier molecular flexibility index (Phi) is 3.28. The van der Waals surface area contributed by atoms with Gasteiger partial charge < -0.3 is 5.32 Å². The van der Waals surface area contributed by atoms with E-state index in [1.807, 2.05) is 30.3 Å². The third-order valence-electron chi connectivity index (χ3n) is 1.67. The molecule has 1 aromatic carbocycles. The average molecular weight is 179 g/mol. The van der Waals surface area contributed by atoms with Gasteiger partial charge in [-0.2, -0.15) is 0 Å². The molecule has 0 aliphatic carbocycles. The maximum absolute atomic E-state index is 11.0. The van der Waals surface area contributed by atoms with Gasteiger partial charge in [-0.1, -0.05) is 30.3 Å². The molecule has 0 bridgehead atoms. The van der Waals surface area contributed by atoms with Crippen molar-refractivity contribution < 1.29 is 4.79 Å². The summed E-state index contributed by atoms with van der Waals surface area (Å²) in [6, 6.07) is 9.29. The van der Waals surface area contributed by atoms with E-state index >= 15 is 0 Å². The number of hydrogen-bond acceptors (Lipinski definition) is 2. The van der Waals surface area contributed by atoms with Crippen LogP contribution in [0.15, 0.2) is 30.3 Å². The van der Waals surface area contributed by atoms with Crippen LogP contribution in [-0.2, 0) is 6.54 Å². The van der Waals surface area contributed by atoms with Gasteiger partial charge in [-0.3, -0.25) is 5.01 Å². The molecular weight excluding hydrogens is 166 g/mol. The molecule has 13 heavy (non-hydrogen) atoms. The summed E-state index contributed by atoms with van der Waals surface area (Å²) in [7, 11) is 1.55. The highest BCUT2D eigenvalue weighted by Crippen LogP contribution is 2.00. The van der Waals surface area contributed by atoms with E-state index < -0.39 is 0 Å². The number of carbonyl (C=O) groups is 1. The molecule has 0 spiro atoms. The molecule has 1 rings (SSSR count). The lowest BCUT2D eigenvalue weighted by molar-refractivity contribution is 0.198. The standard InChI is InChI=1S/C9H13N3O/c1-11-9(13)12(10)7-8-5-3-2-4-6-8/h2-6H,7,10H2,1H3,(H,11,13). The summed E-state index contributed by atoms with van der Waals surface area (Å²) < 4.78 is 0. The lowest BCUT2D eigenvalue weighted by Gasteiger charge is -2.15. The van der Waals surface area contributed by atoms with Gasteiger partial charge in [0.15, 0.2) is 0 Å². The van der Waals surface area contributed by atoms with Gasteiger partial charge in [0, 0.05) is 7.05 Å². The minimum Gasteiger partial charge on any atom is -0.340 e. The van der Waals surface area contributed by atoms with Crippen molar-refractivity contribution in [2.24, 2.45) is 5.84 Å². The first kappa shape index (κ1) is 9.54. The second-order valence-electron chi connectivity index (χ2n) is 2.67. The average Bonchev–Trinajstić information content (AvgIpc) is 2.18. The number of rotatable bonds is 2. The highest BCUT2D eigenvalue weighted by atomic mass is 16.2. The zero-order valence-electron chi connectivity index (χ0n) is 7.53. The second-order valence-corrected chi connectivity index (χ2v) is 2.67. The van der Waals surface area contributed by atoms with E-state index in [1.165, 1.54) is 0 Å². The molecule has 0 aliphatic rings. The van der Waals surface area contributed by atoms with Crippen LogP contribution in [0.3, 0.4) is 0 Å². The summed E-state index contributed by atoms with van der Waals surface area (Å²) in [4.78, 5) is 11.0. The van der Waals surface area contributed by atoms with Gasteiger partial charge >= 0.3 is 6.03 Å².